The molecule has 13 heteroatoms. The monoisotopic (exact) mass is 354 g/mol. The van der Waals surface area contributed by atoms with E-state index in [9.17, 15) is 34.6 Å². The van der Waals surface area contributed by atoms with Crippen LogP contribution in [0.25, 0.3) is 0 Å². The maximum atomic E-state index is 11.6. The van der Waals surface area contributed by atoms with Gasteiger partial charge in [-0.1, -0.05) is 0 Å². The molecule has 1 aromatic rings. The summed E-state index contributed by atoms with van der Waals surface area (Å²) in [4.78, 5) is 52.7. The normalized spacial score (nSPS) is 10.8. The van der Waals surface area contributed by atoms with E-state index in [0.29, 0.717) is 6.07 Å². The molecule has 0 saturated heterocycles. The lowest BCUT2D eigenvalue weighted by Gasteiger charge is -2.05. The van der Waals surface area contributed by atoms with Crippen LogP contribution in [-0.4, -0.2) is 43.5 Å². The van der Waals surface area contributed by atoms with Gasteiger partial charge in [0.1, 0.15) is 17.8 Å². The second-order valence-corrected chi connectivity index (χ2v) is 4.45. The van der Waals surface area contributed by atoms with Gasteiger partial charge in [-0.25, -0.2) is 0 Å². The number of Topliss-reactive ketones (excluding diaryl/α,β-unsaturated/α-hetero) is 1. The fourth-order valence-corrected chi connectivity index (χ4v) is 1.59. The SMILES string of the molecule is O=C(O)CC(=O)/C(CC(=O)O)=N/Nc1ccc([N+](=O)[O-])cc1[N+](=O)[O-]. The van der Waals surface area contributed by atoms with Crippen molar-refractivity contribution in [3.8, 4) is 0 Å². The molecule has 0 atom stereocenters. The van der Waals surface area contributed by atoms with Crippen molar-refractivity contribution in [2.24, 2.45) is 5.10 Å². The third-order valence-electron chi connectivity index (χ3n) is 2.65. The van der Waals surface area contributed by atoms with E-state index in [1.165, 1.54) is 0 Å². The fraction of sp³-hybridized carbons (Fsp3) is 0.167. The van der Waals surface area contributed by atoms with Crippen molar-refractivity contribution in [2.75, 3.05) is 5.43 Å². The number of aliphatic carboxylic acids is 2. The van der Waals surface area contributed by atoms with Gasteiger partial charge in [0.25, 0.3) is 5.69 Å². The number of hydrazone groups is 1. The summed E-state index contributed by atoms with van der Waals surface area (Å²) in [7, 11) is 0. The third kappa shape index (κ3) is 5.66. The fourth-order valence-electron chi connectivity index (χ4n) is 1.59. The van der Waals surface area contributed by atoms with Gasteiger partial charge in [0.15, 0.2) is 5.78 Å². The smallest absolute Gasteiger partial charge is 0.311 e. The highest BCUT2D eigenvalue weighted by atomic mass is 16.6. The number of nitrogens with one attached hydrogen (secondary N) is 1. The van der Waals surface area contributed by atoms with Gasteiger partial charge in [-0.2, -0.15) is 5.10 Å². The minimum absolute atomic E-state index is 0.346. The number of ketones is 1. The lowest BCUT2D eigenvalue weighted by molar-refractivity contribution is -0.393. The second-order valence-electron chi connectivity index (χ2n) is 4.45. The second kappa shape index (κ2) is 8.09. The Kier molecular flexibility index (Phi) is 6.20. The van der Waals surface area contributed by atoms with Crippen molar-refractivity contribution in [3.05, 3.63) is 38.4 Å². The first kappa shape index (κ1) is 19.1. The Morgan fingerprint density at radius 1 is 1.04 bits per heavy atom. The third-order valence-corrected chi connectivity index (χ3v) is 2.65. The first-order chi connectivity index (χ1) is 11.6. The van der Waals surface area contributed by atoms with Gasteiger partial charge in [0.05, 0.1) is 22.3 Å². The van der Waals surface area contributed by atoms with Gasteiger partial charge >= 0.3 is 17.6 Å². The van der Waals surface area contributed by atoms with Crippen LogP contribution in [0.3, 0.4) is 0 Å². The van der Waals surface area contributed by atoms with Crippen molar-refractivity contribution in [3.63, 3.8) is 0 Å². The average Bonchev–Trinajstić information content (AvgIpc) is 2.49. The van der Waals surface area contributed by atoms with Crippen LogP contribution in [0.15, 0.2) is 23.3 Å². The number of rotatable bonds is 9. The summed E-state index contributed by atoms with van der Waals surface area (Å²) in [5.41, 5.74) is -0.256. The molecule has 0 aliphatic heterocycles. The van der Waals surface area contributed by atoms with E-state index in [0.717, 1.165) is 12.1 Å². The van der Waals surface area contributed by atoms with Gasteiger partial charge in [0, 0.05) is 6.07 Å². The quantitative estimate of drug-likeness (QED) is 0.246. The van der Waals surface area contributed by atoms with Crippen molar-refractivity contribution < 1.29 is 34.4 Å². The molecule has 0 bridgehead atoms. The Balaban J connectivity index is 3.19. The van der Waals surface area contributed by atoms with Crippen molar-refractivity contribution in [1.82, 2.24) is 0 Å². The van der Waals surface area contributed by atoms with Crippen LogP contribution in [0, 0.1) is 20.2 Å². The summed E-state index contributed by atoms with van der Waals surface area (Å²) < 4.78 is 0. The summed E-state index contributed by atoms with van der Waals surface area (Å²) in [6, 6.07) is 2.52. The Labute approximate surface area is 137 Å². The minimum atomic E-state index is -1.51. The van der Waals surface area contributed by atoms with Crippen LogP contribution >= 0.6 is 0 Å². The average molecular weight is 354 g/mol. The number of hydrogen-bond donors (Lipinski definition) is 3. The van der Waals surface area contributed by atoms with E-state index in [1.807, 2.05) is 0 Å². The number of nitro groups is 2. The Morgan fingerprint density at radius 3 is 2.12 bits per heavy atom. The molecule has 1 aromatic carbocycles. The van der Waals surface area contributed by atoms with E-state index in [4.69, 9.17) is 10.2 Å². The first-order valence-electron chi connectivity index (χ1n) is 6.34. The van der Waals surface area contributed by atoms with Gasteiger partial charge in [-0.3, -0.25) is 40.0 Å². The lowest BCUT2D eigenvalue weighted by atomic mass is 10.1. The van der Waals surface area contributed by atoms with E-state index >= 15 is 0 Å². The number of anilines is 1. The summed E-state index contributed by atoms with van der Waals surface area (Å²) in [5, 5.41) is 42.3. The standard InChI is InChI=1S/C12H10N4O9/c17-10(5-12(20)21)8(4-11(18)19)14-13-7-2-1-6(15(22)23)3-9(7)16(24)25/h1-3,13H,4-5H2,(H,18,19)(H,20,21)/b14-8+. The molecule has 0 heterocycles. The molecule has 13 nitrogen and oxygen atoms in total. The molecule has 0 aromatic heterocycles. The topological polar surface area (TPSA) is 202 Å². The lowest BCUT2D eigenvalue weighted by Crippen LogP contribution is -2.22. The van der Waals surface area contributed by atoms with Crippen LogP contribution in [0.4, 0.5) is 17.1 Å². The zero-order valence-corrected chi connectivity index (χ0v) is 12.2. The molecule has 25 heavy (non-hydrogen) atoms. The molecule has 0 amide bonds. The van der Waals surface area contributed by atoms with E-state index in [-0.39, 0.29) is 5.69 Å². The highest BCUT2D eigenvalue weighted by Crippen LogP contribution is 2.28. The Morgan fingerprint density at radius 2 is 1.64 bits per heavy atom. The summed E-state index contributed by atoms with van der Waals surface area (Å²) in [6.07, 6.45) is -1.93. The van der Waals surface area contributed by atoms with E-state index in [1.54, 1.807) is 0 Å². The van der Waals surface area contributed by atoms with Gasteiger partial charge in [0.2, 0.25) is 0 Å². The Hall–Kier alpha value is -3.90. The zero-order valence-electron chi connectivity index (χ0n) is 12.2. The van der Waals surface area contributed by atoms with Crippen LogP contribution in [-0.2, 0) is 14.4 Å². The van der Waals surface area contributed by atoms with Gasteiger partial charge in [-0.05, 0) is 6.07 Å². The van der Waals surface area contributed by atoms with Crippen LogP contribution in [0.1, 0.15) is 12.8 Å². The maximum absolute atomic E-state index is 11.6. The number of nitro benzene ring substituents is 2. The van der Waals surface area contributed by atoms with Crippen molar-refractivity contribution in [1.29, 1.82) is 0 Å². The molecule has 3 N–H and O–H groups in total. The number of carboxylic acids is 2. The summed E-state index contributed by atoms with van der Waals surface area (Å²) in [6.45, 7) is 0. The van der Waals surface area contributed by atoms with Gasteiger partial charge in [-0.15, -0.1) is 0 Å². The molecule has 0 radical (unpaired) electrons. The number of hydrogen-bond acceptors (Lipinski definition) is 9. The predicted octanol–water partition coefficient (Wildman–Crippen LogP) is 0.789. The van der Waals surface area contributed by atoms with Gasteiger partial charge < -0.3 is 10.2 Å². The molecule has 1 rings (SSSR count). The first-order valence-corrected chi connectivity index (χ1v) is 6.34. The molecule has 132 valence electrons. The number of nitrogens with zero attached hydrogens (tertiary/aromatic N) is 3. The van der Waals surface area contributed by atoms with Crippen LogP contribution in [0.5, 0.6) is 0 Å². The molecular formula is C12H10N4O9. The minimum Gasteiger partial charge on any atom is -0.481 e. The molecule has 0 saturated carbocycles. The number of carbonyl (C=O) groups is 3. The molecule has 0 aliphatic rings. The highest BCUT2D eigenvalue weighted by Gasteiger charge is 2.21. The predicted molar refractivity (Wildman–Crippen MR) is 80.3 cm³/mol. The zero-order chi connectivity index (χ0) is 19.1. The van der Waals surface area contributed by atoms with E-state index in [2.05, 4.69) is 10.5 Å². The van der Waals surface area contributed by atoms with Crippen molar-refractivity contribution >= 4 is 40.5 Å². The van der Waals surface area contributed by atoms with Crippen molar-refractivity contribution in [2.45, 2.75) is 12.8 Å². The number of carboxylic acid groups (broad SMARTS) is 2. The number of non-ortho nitro benzene ring substituents is 1. The summed E-state index contributed by atoms with van der Waals surface area (Å²) >= 11 is 0. The van der Waals surface area contributed by atoms with Crippen LogP contribution in [0.2, 0.25) is 0 Å². The molecule has 0 unspecified atom stereocenters. The summed E-state index contributed by atoms with van der Waals surface area (Å²) in [5.74, 6) is -4.09. The molecule has 0 aliphatic carbocycles. The maximum Gasteiger partial charge on any atom is 0.311 e. The molecular weight excluding hydrogens is 344 g/mol. The Bertz CT molecular complexity index is 787. The van der Waals surface area contributed by atoms with E-state index < -0.39 is 57.5 Å². The number of benzene rings is 1. The highest BCUT2D eigenvalue weighted by molar-refractivity contribution is 6.44. The number of carbonyl (C=O) groups excluding carboxylic acids is 1. The molecule has 0 spiro atoms. The largest absolute Gasteiger partial charge is 0.481 e. The molecule has 0 fully saturated rings. The van der Waals surface area contributed by atoms with Crippen LogP contribution < -0.4 is 5.43 Å².